The molecule has 2 aromatic carbocycles. The third kappa shape index (κ3) is 5.27. The molecule has 146 valence electrons. The van der Waals surface area contributed by atoms with E-state index in [2.05, 4.69) is 5.32 Å². The van der Waals surface area contributed by atoms with Crippen molar-refractivity contribution in [3.05, 3.63) is 64.7 Å². The van der Waals surface area contributed by atoms with Gasteiger partial charge in [-0.1, -0.05) is 35.9 Å². The van der Waals surface area contributed by atoms with Crippen molar-refractivity contribution in [2.45, 2.75) is 19.6 Å². The molecule has 0 aliphatic carbocycles. The molecular formula is C21H20ClNO5. The van der Waals surface area contributed by atoms with Crippen LogP contribution in [0.3, 0.4) is 0 Å². The maximum atomic E-state index is 12.1. The van der Waals surface area contributed by atoms with Crippen LogP contribution in [0.1, 0.15) is 18.1 Å². The summed E-state index contributed by atoms with van der Waals surface area (Å²) in [4.78, 5) is 24.1. The molecule has 1 amide bonds. The number of carbonyl (C=O) groups is 2. The van der Waals surface area contributed by atoms with Gasteiger partial charge >= 0.3 is 5.97 Å². The maximum absolute atomic E-state index is 12.1. The Kier molecular flexibility index (Phi) is 6.55. The van der Waals surface area contributed by atoms with Gasteiger partial charge in [-0.3, -0.25) is 4.79 Å². The summed E-state index contributed by atoms with van der Waals surface area (Å²) in [6.07, 6.45) is 1.93. The molecule has 2 aromatic rings. The Morgan fingerprint density at radius 3 is 2.71 bits per heavy atom. The van der Waals surface area contributed by atoms with E-state index in [-0.39, 0.29) is 6.54 Å². The number of ether oxygens (including phenoxy) is 3. The maximum Gasteiger partial charge on any atom is 0.331 e. The van der Waals surface area contributed by atoms with Crippen LogP contribution in [0.5, 0.6) is 11.5 Å². The lowest BCUT2D eigenvalue weighted by Gasteiger charge is -2.18. The molecule has 3 rings (SSSR count). The molecule has 1 aliphatic rings. The molecular weight excluding hydrogens is 382 g/mol. The first kappa shape index (κ1) is 19.8. The number of nitrogens with one attached hydrogen (secondary N) is 1. The Morgan fingerprint density at radius 1 is 1.18 bits per heavy atom. The second kappa shape index (κ2) is 9.28. The zero-order valence-electron chi connectivity index (χ0n) is 15.3. The number of hydrogen-bond acceptors (Lipinski definition) is 5. The van der Waals surface area contributed by atoms with Crippen LogP contribution in [0.25, 0.3) is 6.08 Å². The van der Waals surface area contributed by atoms with Crippen molar-refractivity contribution >= 4 is 29.6 Å². The van der Waals surface area contributed by atoms with Gasteiger partial charge in [-0.2, -0.15) is 0 Å². The zero-order valence-corrected chi connectivity index (χ0v) is 16.1. The third-order valence-electron chi connectivity index (χ3n) is 4.05. The molecule has 0 unspecified atom stereocenters. The summed E-state index contributed by atoms with van der Waals surface area (Å²) in [6.45, 7) is 2.78. The molecule has 1 heterocycles. The molecule has 1 aliphatic heterocycles. The van der Waals surface area contributed by atoms with Crippen LogP contribution in [0, 0.1) is 0 Å². The zero-order chi connectivity index (χ0) is 19.9. The highest BCUT2D eigenvalue weighted by Crippen LogP contribution is 2.31. The summed E-state index contributed by atoms with van der Waals surface area (Å²) in [6, 6.07) is 12.6. The molecule has 7 heteroatoms. The van der Waals surface area contributed by atoms with Gasteiger partial charge in [0.25, 0.3) is 5.91 Å². The molecule has 0 aromatic heterocycles. The summed E-state index contributed by atoms with van der Waals surface area (Å²) >= 11 is 6.05. The lowest BCUT2D eigenvalue weighted by atomic mass is 10.2. The molecule has 0 fully saturated rings. The fourth-order valence-corrected chi connectivity index (χ4v) is 2.77. The van der Waals surface area contributed by atoms with Crippen molar-refractivity contribution in [2.24, 2.45) is 0 Å². The van der Waals surface area contributed by atoms with Gasteiger partial charge < -0.3 is 19.5 Å². The molecule has 0 spiro atoms. The van der Waals surface area contributed by atoms with Crippen molar-refractivity contribution < 1.29 is 23.8 Å². The highest BCUT2D eigenvalue weighted by atomic mass is 35.5. The van der Waals surface area contributed by atoms with Gasteiger partial charge in [-0.25, -0.2) is 4.79 Å². The average molecular weight is 402 g/mol. The van der Waals surface area contributed by atoms with Crippen LogP contribution in [0.2, 0.25) is 5.02 Å². The van der Waals surface area contributed by atoms with Crippen LogP contribution in [-0.4, -0.2) is 31.2 Å². The van der Waals surface area contributed by atoms with Crippen molar-refractivity contribution in [3.8, 4) is 11.5 Å². The van der Waals surface area contributed by atoms with Gasteiger partial charge in [0.1, 0.15) is 13.2 Å². The lowest BCUT2D eigenvalue weighted by molar-refractivity contribution is -0.150. The second-order valence-electron chi connectivity index (χ2n) is 6.12. The Hall–Kier alpha value is -2.99. The smallest absolute Gasteiger partial charge is 0.331 e. The lowest BCUT2D eigenvalue weighted by Crippen LogP contribution is -2.35. The molecule has 1 N–H and O–H groups in total. The Labute approximate surface area is 168 Å². The number of esters is 1. The molecule has 0 bridgehead atoms. The van der Waals surface area contributed by atoms with Crippen LogP contribution < -0.4 is 14.8 Å². The highest BCUT2D eigenvalue weighted by Gasteiger charge is 2.16. The summed E-state index contributed by atoms with van der Waals surface area (Å²) in [5.41, 5.74) is 1.55. The highest BCUT2D eigenvalue weighted by molar-refractivity contribution is 6.31. The van der Waals surface area contributed by atoms with Crippen LogP contribution >= 0.6 is 11.6 Å². The summed E-state index contributed by atoms with van der Waals surface area (Å²) in [5, 5.41) is 3.26. The number of benzene rings is 2. The Bertz CT molecular complexity index is 896. The number of amides is 1. The molecule has 0 saturated heterocycles. The number of fused-ring (bicyclic) bond motifs is 1. The van der Waals surface area contributed by atoms with Crippen LogP contribution in [0.4, 0.5) is 0 Å². The molecule has 0 radical (unpaired) electrons. The van der Waals surface area contributed by atoms with E-state index < -0.39 is 18.0 Å². The summed E-state index contributed by atoms with van der Waals surface area (Å²) < 4.78 is 16.1. The van der Waals surface area contributed by atoms with E-state index in [1.807, 2.05) is 18.2 Å². The standard InChI is InChI=1S/C21H20ClNO5/c1-14(21(25)23-13-16-4-2-3-5-17(16)22)28-20(24)9-7-15-6-8-18-19(12-15)27-11-10-26-18/h2-9,12,14H,10-11,13H2,1H3,(H,23,25)/b9-7+/t14-/m1/s1. The quantitative estimate of drug-likeness (QED) is 0.593. The normalized spacial score (nSPS) is 13.8. The van der Waals surface area contributed by atoms with Gasteiger partial charge in [-0.15, -0.1) is 0 Å². The Morgan fingerprint density at radius 2 is 1.93 bits per heavy atom. The first-order valence-corrected chi connectivity index (χ1v) is 9.20. The number of halogens is 1. The van der Waals surface area contributed by atoms with Gasteiger partial charge in [0.05, 0.1) is 0 Å². The number of hydrogen-bond donors (Lipinski definition) is 1. The van der Waals surface area contributed by atoms with E-state index in [9.17, 15) is 9.59 Å². The monoisotopic (exact) mass is 401 g/mol. The van der Waals surface area contributed by atoms with E-state index in [0.717, 1.165) is 11.1 Å². The minimum absolute atomic E-state index is 0.257. The molecule has 1 atom stereocenters. The summed E-state index contributed by atoms with van der Waals surface area (Å²) in [7, 11) is 0. The minimum atomic E-state index is -0.931. The number of rotatable bonds is 6. The van der Waals surface area contributed by atoms with Gasteiger partial charge in [0.15, 0.2) is 17.6 Å². The van der Waals surface area contributed by atoms with E-state index in [1.54, 1.807) is 30.3 Å². The molecule has 28 heavy (non-hydrogen) atoms. The topological polar surface area (TPSA) is 73.9 Å². The fraction of sp³-hybridized carbons (Fsp3) is 0.238. The van der Waals surface area contributed by atoms with E-state index in [4.69, 9.17) is 25.8 Å². The van der Waals surface area contributed by atoms with E-state index in [1.165, 1.54) is 13.0 Å². The van der Waals surface area contributed by atoms with E-state index in [0.29, 0.717) is 29.7 Å². The molecule has 0 saturated carbocycles. The van der Waals surface area contributed by atoms with Crippen molar-refractivity contribution in [2.75, 3.05) is 13.2 Å². The van der Waals surface area contributed by atoms with Crippen molar-refractivity contribution in [1.29, 1.82) is 0 Å². The predicted molar refractivity (Wildman–Crippen MR) is 105 cm³/mol. The molecule has 6 nitrogen and oxygen atoms in total. The minimum Gasteiger partial charge on any atom is -0.486 e. The second-order valence-corrected chi connectivity index (χ2v) is 6.53. The van der Waals surface area contributed by atoms with Crippen LogP contribution in [0.15, 0.2) is 48.5 Å². The van der Waals surface area contributed by atoms with Gasteiger partial charge in [0, 0.05) is 17.6 Å². The third-order valence-corrected chi connectivity index (χ3v) is 4.42. The van der Waals surface area contributed by atoms with Gasteiger partial charge in [0.2, 0.25) is 0 Å². The first-order chi connectivity index (χ1) is 13.5. The van der Waals surface area contributed by atoms with E-state index >= 15 is 0 Å². The number of carbonyl (C=O) groups excluding carboxylic acids is 2. The predicted octanol–water partition coefficient (Wildman–Crippen LogP) is 3.37. The fourth-order valence-electron chi connectivity index (χ4n) is 2.56. The van der Waals surface area contributed by atoms with Crippen LogP contribution in [-0.2, 0) is 20.9 Å². The van der Waals surface area contributed by atoms with Gasteiger partial charge in [-0.05, 0) is 42.3 Å². The largest absolute Gasteiger partial charge is 0.486 e. The van der Waals surface area contributed by atoms with Crippen molar-refractivity contribution in [3.63, 3.8) is 0 Å². The Balaban J connectivity index is 1.50. The SMILES string of the molecule is C[C@@H](OC(=O)/C=C/c1ccc2c(c1)OCCO2)C(=O)NCc1ccccc1Cl. The average Bonchev–Trinajstić information content (AvgIpc) is 2.71. The van der Waals surface area contributed by atoms with Crippen molar-refractivity contribution in [1.82, 2.24) is 5.32 Å². The first-order valence-electron chi connectivity index (χ1n) is 8.82. The summed E-state index contributed by atoms with van der Waals surface area (Å²) in [5.74, 6) is 0.292.